The van der Waals surface area contributed by atoms with Gasteiger partial charge in [0, 0.05) is 19.0 Å². The van der Waals surface area contributed by atoms with E-state index in [2.05, 4.69) is 5.32 Å². The molecule has 2 atom stereocenters. The minimum Gasteiger partial charge on any atom is -0.467 e. The summed E-state index contributed by atoms with van der Waals surface area (Å²) in [4.78, 5) is 12.4. The summed E-state index contributed by atoms with van der Waals surface area (Å²) in [6, 6.07) is 11.2. The molecule has 1 aromatic heterocycles. The Hall–Kier alpha value is -2.12. The van der Waals surface area contributed by atoms with Gasteiger partial charge in [0.25, 0.3) is 0 Å². The SMILES string of the molecule is Cc1ccc(CS(=O)(=O)N2CCC3(CC3C(=O)NCc3ccco3)C2)cc1. The van der Waals surface area contributed by atoms with E-state index in [0.29, 0.717) is 25.4 Å². The topological polar surface area (TPSA) is 79.6 Å². The first-order chi connectivity index (χ1) is 12.9. The van der Waals surface area contributed by atoms with Gasteiger partial charge in [-0.3, -0.25) is 4.79 Å². The summed E-state index contributed by atoms with van der Waals surface area (Å²) >= 11 is 0. The van der Waals surface area contributed by atoms with Gasteiger partial charge >= 0.3 is 0 Å². The quantitative estimate of drug-likeness (QED) is 0.824. The first-order valence-corrected chi connectivity index (χ1v) is 10.8. The van der Waals surface area contributed by atoms with Crippen LogP contribution in [0, 0.1) is 18.3 Å². The zero-order valence-electron chi connectivity index (χ0n) is 15.3. The molecule has 0 radical (unpaired) electrons. The predicted octanol–water partition coefficient (Wildman–Crippen LogP) is 2.45. The van der Waals surface area contributed by atoms with E-state index >= 15 is 0 Å². The Kier molecular flexibility index (Phi) is 4.60. The van der Waals surface area contributed by atoms with Gasteiger partial charge in [-0.2, -0.15) is 0 Å². The first-order valence-electron chi connectivity index (χ1n) is 9.21. The molecule has 1 saturated heterocycles. The molecule has 1 saturated carbocycles. The molecular weight excluding hydrogens is 364 g/mol. The van der Waals surface area contributed by atoms with Gasteiger partial charge in [0.05, 0.1) is 18.6 Å². The van der Waals surface area contributed by atoms with Gasteiger partial charge in [-0.05, 0) is 42.9 Å². The molecule has 4 rings (SSSR count). The van der Waals surface area contributed by atoms with E-state index < -0.39 is 10.0 Å². The van der Waals surface area contributed by atoms with Crippen LogP contribution < -0.4 is 5.32 Å². The second-order valence-electron chi connectivity index (χ2n) is 7.74. The Morgan fingerprint density at radius 3 is 2.78 bits per heavy atom. The molecule has 144 valence electrons. The van der Waals surface area contributed by atoms with Gasteiger partial charge < -0.3 is 9.73 Å². The maximum Gasteiger partial charge on any atom is 0.224 e. The van der Waals surface area contributed by atoms with Gasteiger partial charge in [-0.15, -0.1) is 0 Å². The summed E-state index contributed by atoms with van der Waals surface area (Å²) in [5, 5.41) is 2.90. The Bertz CT molecular complexity index is 921. The summed E-state index contributed by atoms with van der Waals surface area (Å²) in [6.07, 6.45) is 3.08. The summed E-state index contributed by atoms with van der Waals surface area (Å²) in [7, 11) is -3.37. The zero-order valence-corrected chi connectivity index (χ0v) is 16.2. The van der Waals surface area contributed by atoms with Crippen LogP contribution in [-0.4, -0.2) is 31.7 Å². The molecular formula is C20H24N2O4S. The maximum atomic E-state index is 12.8. The highest BCUT2D eigenvalue weighted by Crippen LogP contribution is 2.59. The molecule has 1 amide bonds. The summed E-state index contributed by atoms with van der Waals surface area (Å²) in [5.41, 5.74) is 1.72. The van der Waals surface area contributed by atoms with E-state index in [1.807, 2.05) is 37.3 Å². The maximum absolute atomic E-state index is 12.8. The summed E-state index contributed by atoms with van der Waals surface area (Å²) in [5.74, 6) is 0.613. The Balaban J connectivity index is 1.34. The highest BCUT2D eigenvalue weighted by Gasteiger charge is 2.61. The van der Waals surface area contributed by atoms with Crippen molar-refractivity contribution in [2.45, 2.75) is 32.1 Å². The van der Waals surface area contributed by atoms with Gasteiger partial charge in [0.2, 0.25) is 15.9 Å². The molecule has 2 heterocycles. The fourth-order valence-electron chi connectivity index (χ4n) is 3.96. The number of carbonyl (C=O) groups excluding carboxylic acids is 1. The number of benzene rings is 1. The van der Waals surface area contributed by atoms with Crippen molar-refractivity contribution in [3.05, 3.63) is 59.5 Å². The fraction of sp³-hybridized carbons (Fsp3) is 0.450. The van der Waals surface area contributed by atoms with E-state index in [1.165, 1.54) is 0 Å². The van der Waals surface area contributed by atoms with E-state index in [4.69, 9.17) is 4.42 Å². The van der Waals surface area contributed by atoms with Gasteiger partial charge in [0.15, 0.2) is 0 Å². The Morgan fingerprint density at radius 2 is 2.07 bits per heavy atom. The molecule has 0 bridgehead atoms. The highest BCUT2D eigenvalue weighted by molar-refractivity contribution is 7.88. The smallest absolute Gasteiger partial charge is 0.224 e. The molecule has 2 aliphatic rings. The first kappa shape index (κ1) is 18.3. The largest absolute Gasteiger partial charge is 0.467 e. The van der Waals surface area contributed by atoms with Crippen molar-refractivity contribution in [1.82, 2.24) is 9.62 Å². The molecule has 1 aliphatic carbocycles. The van der Waals surface area contributed by atoms with Crippen LogP contribution in [0.3, 0.4) is 0 Å². The van der Waals surface area contributed by atoms with E-state index in [9.17, 15) is 13.2 Å². The third-order valence-electron chi connectivity index (χ3n) is 5.74. The number of carbonyl (C=O) groups is 1. The molecule has 1 aromatic carbocycles. The Labute approximate surface area is 159 Å². The summed E-state index contributed by atoms with van der Waals surface area (Å²) < 4.78 is 32.3. The number of hydrogen-bond acceptors (Lipinski definition) is 4. The van der Waals surface area contributed by atoms with Crippen molar-refractivity contribution in [2.75, 3.05) is 13.1 Å². The minimum atomic E-state index is -3.37. The minimum absolute atomic E-state index is 0.0100. The molecule has 7 heteroatoms. The standard InChI is InChI=1S/C20H24N2O4S/c1-15-4-6-16(7-5-15)13-27(24,25)22-9-8-20(14-22)11-18(20)19(23)21-12-17-3-2-10-26-17/h2-7,10,18H,8-9,11-14H2,1H3,(H,21,23). The van der Waals surface area contributed by atoms with E-state index in [-0.39, 0.29) is 23.0 Å². The van der Waals surface area contributed by atoms with Crippen LogP contribution in [0.2, 0.25) is 0 Å². The van der Waals surface area contributed by atoms with Gasteiger partial charge in [0.1, 0.15) is 5.76 Å². The zero-order chi connectivity index (χ0) is 19.1. The van der Waals surface area contributed by atoms with Crippen LogP contribution in [0.25, 0.3) is 0 Å². The van der Waals surface area contributed by atoms with Crippen molar-refractivity contribution in [1.29, 1.82) is 0 Å². The molecule has 1 spiro atoms. The number of nitrogens with one attached hydrogen (secondary N) is 1. The number of furan rings is 1. The normalized spacial score (nSPS) is 25.0. The molecule has 2 fully saturated rings. The van der Waals surface area contributed by atoms with Crippen molar-refractivity contribution >= 4 is 15.9 Å². The average molecular weight is 388 g/mol. The van der Waals surface area contributed by atoms with Crippen molar-refractivity contribution in [3.63, 3.8) is 0 Å². The molecule has 2 unspecified atom stereocenters. The van der Waals surface area contributed by atoms with Crippen molar-refractivity contribution in [3.8, 4) is 0 Å². The third-order valence-corrected chi connectivity index (χ3v) is 7.53. The Morgan fingerprint density at radius 1 is 1.30 bits per heavy atom. The predicted molar refractivity (Wildman–Crippen MR) is 101 cm³/mol. The molecule has 2 aromatic rings. The van der Waals surface area contributed by atoms with Crippen LogP contribution in [0.4, 0.5) is 0 Å². The average Bonchev–Trinajstić information content (AvgIpc) is 2.99. The molecule has 1 N–H and O–H groups in total. The molecule has 1 aliphatic heterocycles. The lowest BCUT2D eigenvalue weighted by Gasteiger charge is -2.17. The molecule has 6 nitrogen and oxygen atoms in total. The second kappa shape index (κ2) is 6.80. The number of rotatable bonds is 6. The van der Waals surface area contributed by atoms with Gasteiger partial charge in [-0.1, -0.05) is 29.8 Å². The monoisotopic (exact) mass is 388 g/mol. The summed E-state index contributed by atoms with van der Waals surface area (Å²) in [6.45, 7) is 3.29. The van der Waals surface area contributed by atoms with Crippen molar-refractivity contribution < 1.29 is 17.6 Å². The lowest BCUT2D eigenvalue weighted by Crippen LogP contribution is -2.32. The highest BCUT2D eigenvalue weighted by atomic mass is 32.2. The number of aryl methyl sites for hydroxylation is 1. The second-order valence-corrected chi connectivity index (χ2v) is 9.71. The number of nitrogens with zero attached hydrogens (tertiary/aromatic N) is 1. The fourth-order valence-corrected chi connectivity index (χ4v) is 5.58. The van der Waals surface area contributed by atoms with E-state index in [1.54, 1.807) is 16.6 Å². The lowest BCUT2D eigenvalue weighted by atomic mass is 10.0. The molecule has 27 heavy (non-hydrogen) atoms. The number of sulfonamides is 1. The number of amides is 1. The van der Waals surface area contributed by atoms with Gasteiger partial charge in [-0.25, -0.2) is 12.7 Å². The van der Waals surface area contributed by atoms with Crippen molar-refractivity contribution in [2.24, 2.45) is 11.3 Å². The van der Waals surface area contributed by atoms with E-state index in [0.717, 1.165) is 24.0 Å². The van der Waals surface area contributed by atoms with Crippen LogP contribution >= 0.6 is 0 Å². The van der Waals surface area contributed by atoms with Crippen LogP contribution in [0.15, 0.2) is 47.1 Å². The van der Waals surface area contributed by atoms with Crippen LogP contribution in [-0.2, 0) is 27.1 Å². The van der Waals surface area contributed by atoms with Crippen LogP contribution in [0.1, 0.15) is 29.7 Å². The van der Waals surface area contributed by atoms with Crippen LogP contribution in [0.5, 0.6) is 0 Å². The third kappa shape index (κ3) is 3.80. The number of hydrogen-bond donors (Lipinski definition) is 1. The lowest BCUT2D eigenvalue weighted by molar-refractivity contribution is -0.123.